The summed E-state index contributed by atoms with van der Waals surface area (Å²) >= 11 is 5.76. The topological polar surface area (TPSA) is 102 Å². The highest BCUT2D eigenvalue weighted by molar-refractivity contribution is 7.89. The third kappa shape index (κ3) is 7.80. The van der Waals surface area contributed by atoms with E-state index in [4.69, 9.17) is 16.3 Å². The Morgan fingerprint density at radius 3 is 2.64 bits per heavy atom. The summed E-state index contributed by atoms with van der Waals surface area (Å²) in [5.74, 6) is -2.23. The van der Waals surface area contributed by atoms with E-state index < -0.39 is 40.4 Å². The average Bonchev–Trinajstić information content (AvgIpc) is 2.53. The van der Waals surface area contributed by atoms with Crippen LogP contribution in [0.25, 0.3) is 0 Å². The Bertz CT molecular complexity index is 727. The Hall–Kier alpha value is -1.71. The summed E-state index contributed by atoms with van der Waals surface area (Å²) in [4.78, 5) is 23.5. The molecule has 0 saturated carbocycles. The van der Waals surface area contributed by atoms with Gasteiger partial charge in [0.2, 0.25) is 10.0 Å². The Morgan fingerprint density at radius 2 is 2.04 bits per heavy atom. The molecule has 1 atom stereocenters. The molecular formula is C15H20ClFN2O5S. The van der Waals surface area contributed by atoms with Crippen molar-refractivity contribution in [2.75, 3.05) is 17.7 Å². The molecule has 1 aromatic carbocycles. The lowest BCUT2D eigenvalue weighted by atomic mass is 10.3. The molecule has 25 heavy (non-hydrogen) atoms. The molecule has 7 nitrogen and oxygen atoms in total. The number of benzene rings is 1. The molecule has 0 spiro atoms. The highest BCUT2D eigenvalue weighted by Gasteiger charge is 2.22. The molecule has 0 fully saturated rings. The monoisotopic (exact) mass is 394 g/mol. The van der Waals surface area contributed by atoms with Crippen molar-refractivity contribution in [1.29, 1.82) is 0 Å². The first-order chi connectivity index (χ1) is 11.6. The van der Waals surface area contributed by atoms with Gasteiger partial charge in [-0.05, 0) is 31.5 Å². The van der Waals surface area contributed by atoms with Gasteiger partial charge < -0.3 is 10.1 Å². The fourth-order valence-corrected chi connectivity index (χ4v) is 3.39. The predicted octanol–water partition coefficient (Wildman–Crippen LogP) is 2.07. The Balaban J connectivity index is 2.48. The molecule has 2 N–H and O–H groups in total. The number of anilines is 1. The second-order valence-electron chi connectivity index (χ2n) is 5.29. The summed E-state index contributed by atoms with van der Waals surface area (Å²) in [6.45, 7) is 2.54. The number of carbonyl (C=O) groups is 2. The van der Waals surface area contributed by atoms with Crippen molar-refractivity contribution >= 4 is 39.2 Å². The number of hydrogen-bond donors (Lipinski definition) is 2. The van der Waals surface area contributed by atoms with Crippen LogP contribution in [0, 0.1) is 5.82 Å². The highest BCUT2D eigenvalue weighted by atomic mass is 35.5. The zero-order valence-electron chi connectivity index (χ0n) is 13.8. The normalized spacial score (nSPS) is 12.5. The summed E-state index contributed by atoms with van der Waals surface area (Å²) in [7, 11) is -3.59. The summed E-state index contributed by atoms with van der Waals surface area (Å²) in [6.07, 6.45) is 1.17. The molecule has 0 aliphatic carbocycles. The van der Waals surface area contributed by atoms with Crippen LogP contribution < -0.4 is 10.0 Å². The molecule has 0 heterocycles. The zero-order chi connectivity index (χ0) is 19.0. The van der Waals surface area contributed by atoms with Crippen molar-refractivity contribution in [2.45, 2.75) is 32.7 Å². The lowest BCUT2D eigenvalue weighted by molar-refractivity contribution is -0.148. The van der Waals surface area contributed by atoms with Crippen LogP contribution in [-0.2, 0) is 24.3 Å². The molecule has 10 heteroatoms. The quantitative estimate of drug-likeness (QED) is 0.624. The average molecular weight is 395 g/mol. The molecule has 0 aliphatic rings. The fraction of sp³-hybridized carbons (Fsp3) is 0.467. The molecular weight excluding hydrogens is 375 g/mol. The second kappa shape index (κ2) is 9.69. The molecule has 0 radical (unpaired) electrons. The van der Waals surface area contributed by atoms with Gasteiger partial charge in [-0.15, -0.1) is 0 Å². The van der Waals surface area contributed by atoms with E-state index in [2.05, 4.69) is 10.0 Å². The van der Waals surface area contributed by atoms with Crippen LogP contribution in [0.1, 0.15) is 26.7 Å². The van der Waals surface area contributed by atoms with Crippen molar-refractivity contribution in [2.24, 2.45) is 0 Å². The molecule has 0 saturated heterocycles. The van der Waals surface area contributed by atoms with Gasteiger partial charge in [0, 0.05) is 0 Å². The van der Waals surface area contributed by atoms with Gasteiger partial charge in [-0.25, -0.2) is 17.5 Å². The van der Waals surface area contributed by atoms with E-state index in [1.165, 1.54) is 13.0 Å². The molecule has 0 unspecified atom stereocenters. The number of amides is 1. The van der Waals surface area contributed by atoms with Crippen LogP contribution in [-0.4, -0.2) is 38.7 Å². The van der Waals surface area contributed by atoms with Gasteiger partial charge in [-0.2, -0.15) is 0 Å². The molecule has 0 aromatic heterocycles. The van der Waals surface area contributed by atoms with Gasteiger partial charge in [0.05, 0.1) is 16.5 Å². The smallest absolute Gasteiger partial charge is 0.324 e. The van der Waals surface area contributed by atoms with E-state index in [-0.39, 0.29) is 16.5 Å². The van der Waals surface area contributed by atoms with Crippen molar-refractivity contribution in [3.8, 4) is 0 Å². The van der Waals surface area contributed by atoms with Gasteiger partial charge >= 0.3 is 5.97 Å². The van der Waals surface area contributed by atoms with Crippen molar-refractivity contribution in [1.82, 2.24) is 4.72 Å². The maximum atomic E-state index is 12.9. The molecule has 1 rings (SSSR count). The number of nitrogens with one attached hydrogen (secondary N) is 2. The van der Waals surface area contributed by atoms with E-state index in [9.17, 15) is 22.4 Å². The standard InChI is InChI=1S/C15H20ClFN2O5S/c1-3-4-7-25(22,23)19-10(2)15(21)24-9-14(20)18-13-6-5-11(17)8-12(13)16/h5-6,8,10,19H,3-4,7,9H2,1-2H3,(H,18,20)/t10-/m0/s1. The number of sulfonamides is 1. The van der Waals surface area contributed by atoms with E-state index in [1.54, 1.807) is 0 Å². The summed E-state index contributed by atoms with van der Waals surface area (Å²) in [6, 6.07) is 2.28. The van der Waals surface area contributed by atoms with E-state index in [1.807, 2.05) is 6.92 Å². The Morgan fingerprint density at radius 1 is 1.36 bits per heavy atom. The zero-order valence-corrected chi connectivity index (χ0v) is 15.4. The summed E-state index contributed by atoms with van der Waals surface area (Å²) in [5.41, 5.74) is 0.164. The molecule has 140 valence electrons. The maximum Gasteiger partial charge on any atom is 0.324 e. The van der Waals surface area contributed by atoms with E-state index in [0.29, 0.717) is 12.8 Å². The predicted molar refractivity (Wildman–Crippen MR) is 92.3 cm³/mol. The van der Waals surface area contributed by atoms with E-state index >= 15 is 0 Å². The Labute approximate surface area is 150 Å². The van der Waals surface area contributed by atoms with Crippen LogP contribution in [0.4, 0.5) is 10.1 Å². The first kappa shape index (κ1) is 21.3. The summed E-state index contributed by atoms with van der Waals surface area (Å²) in [5, 5.41) is 2.35. The number of rotatable bonds is 9. The van der Waals surface area contributed by atoms with Crippen LogP contribution in [0.5, 0.6) is 0 Å². The maximum absolute atomic E-state index is 12.9. The molecule has 1 amide bonds. The number of unbranched alkanes of at least 4 members (excludes halogenated alkanes) is 1. The van der Waals surface area contributed by atoms with Crippen molar-refractivity contribution < 1.29 is 27.1 Å². The van der Waals surface area contributed by atoms with E-state index in [0.717, 1.165) is 12.1 Å². The van der Waals surface area contributed by atoms with Crippen LogP contribution in [0.2, 0.25) is 5.02 Å². The van der Waals surface area contributed by atoms with Crippen LogP contribution in [0.15, 0.2) is 18.2 Å². The minimum absolute atomic E-state index is 0.00303. The third-order valence-electron chi connectivity index (χ3n) is 3.03. The highest BCUT2D eigenvalue weighted by Crippen LogP contribution is 2.22. The minimum Gasteiger partial charge on any atom is -0.454 e. The minimum atomic E-state index is -3.59. The molecule has 1 aromatic rings. The van der Waals surface area contributed by atoms with Gasteiger partial charge in [0.1, 0.15) is 11.9 Å². The summed E-state index contributed by atoms with van der Waals surface area (Å²) < 4.78 is 43.3. The van der Waals surface area contributed by atoms with Gasteiger partial charge in [0.15, 0.2) is 6.61 Å². The largest absolute Gasteiger partial charge is 0.454 e. The number of halogens is 2. The lowest BCUT2D eigenvalue weighted by Gasteiger charge is -2.13. The number of hydrogen-bond acceptors (Lipinski definition) is 5. The van der Waals surface area contributed by atoms with Crippen molar-refractivity contribution in [3.63, 3.8) is 0 Å². The SMILES string of the molecule is CCCCS(=O)(=O)N[C@@H](C)C(=O)OCC(=O)Nc1ccc(F)cc1Cl. The fourth-order valence-electron chi connectivity index (χ4n) is 1.75. The number of ether oxygens (including phenoxy) is 1. The molecule has 0 aliphatic heterocycles. The van der Waals surface area contributed by atoms with Crippen LogP contribution >= 0.6 is 11.6 Å². The number of carbonyl (C=O) groups excluding carboxylic acids is 2. The molecule has 0 bridgehead atoms. The van der Waals surface area contributed by atoms with Gasteiger partial charge in [-0.1, -0.05) is 24.9 Å². The number of esters is 1. The van der Waals surface area contributed by atoms with Gasteiger partial charge in [-0.3, -0.25) is 9.59 Å². The van der Waals surface area contributed by atoms with Crippen LogP contribution in [0.3, 0.4) is 0 Å². The lowest BCUT2D eigenvalue weighted by Crippen LogP contribution is -2.41. The Kier molecular flexibility index (Phi) is 8.27. The van der Waals surface area contributed by atoms with Gasteiger partial charge in [0.25, 0.3) is 5.91 Å². The van der Waals surface area contributed by atoms with Crippen molar-refractivity contribution in [3.05, 3.63) is 29.0 Å². The first-order valence-electron chi connectivity index (χ1n) is 7.56. The third-order valence-corrected chi connectivity index (χ3v) is 4.88. The second-order valence-corrected chi connectivity index (χ2v) is 7.57. The first-order valence-corrected chi connectivity index (χ1v) is 9.59.